The molecule has 0 radical (unpaired) electrons. The lowest BCUT2D eigenvalue weighted by atomic mass is 10.1. The first kappa shape index (κ1) is 16.0. The average molecular weight is 289 g/mol. The van der Waals surface area contributed by atoms with E-state index in [0.717, 1.165) is 4.90 Å². The van der Waals surface area contributed by atoms with Crippen LogP contribution in [0.25, 0.3) is 0 Å². The number of anilines is 1. The zero-order valence-corrected chi connectivity index (χ0v) is 11.2. The van der Waals surface area contributed by atoms with Gasteiger partial charge in [0.05, 0.1) is 24.4 Å². The van der Waals surface area contributed by atoms with E-state index >= 15 is 0 Å². The van der Waals surface area contributed by atoms with Gasteiger partial charge in [-0.2, -0.15) is 5.10 Å². The number of aliphatic hydroxyl groups excluding tert-OH is 1. The summed E-state index contributed by atoms with van der Waals surface area (Å²) in [6.45, 7) is 2.30. The predicted molar refractivity (Wildman–Crippen MR) is 69.3 cm³/mol. The molecule has 0 fully saturated rings. The number of nitrogens with zero attached hydrogens (tertiary/aromatic N) is 4. The number of hydrogen-bond acceptors (Lipinski definition) is 6. The van der Waals surface area contributed by atoms with Gasteiger partial charge in [0, 0.05) is 6.54 Å². The van der Waals surface area contributed by atoms with Gasteiger partial charge in [0.1, 0.15) is 0 Å². The molecule has 20 heavy (non-hydrogen) atoms. The topological polar surface area (TPSA) is 108 Å². The molecule has 9 heteroatoms. The quantitative estimate of drug-likeness (QED) is 0.300. The van der Waals surface area contributed by atoms with Gasteiger partial charge >= 0.3 is 0 Å². The second kappa shape index (κ2) is 6.94. The van der Waals surface area contributed by atoms with Gasteiger partial charge in [-0.15, -0.1) is 5.10 Å². The molecule has 0 atom stereocenters. The van der Waals surface area contributed by atoms with E-state index in [4.69, 9.17) is 16.0 Å². The molecule has 1 aromatic heterocycles. The normalized spacial score (nSPS) is 12.0. The first-order valence-electron chi connectivity index (χ1n) is 5.88. The molecular weight excluding hydrogens is 272 g/mol. The molecule has 0 saturated heterocycles. The second-order valence-electron chi connectivity index (χ2n) is 4.15. The van der Waals surface area contributed by atoms with Crippen LogP contribution in [0.4, 0.5) is 14.6 Å². The summed E-state index contributed by atoms with van der Waals surface area (Å²) in [7, 11) is 0. The minimum absolute atomic E-state index is 0.0535. The maximum absolute atomic E-state index is 12.6. The lowest BCUT2D eigenvalue weighted by Gasteiger charge is -2.25. The molecule has 112 valence electrons. The summed E-state index contributed by atoms with van der Waals surface area (Å²) < 4.78 is 25.2. The van der Waals surface area contributed by atoms with Crippen LogP contribution in [0.3, 0.4) is 0 Å². The molecule has 0 saturated carbocycles. The number of rotatable bonds is 6. The van der Waals surface area contributed by atoms with Crippen molar-refractivity contribution in [1.82, 2.24) is 10.2 Å². The van der Waals surface area contributed by atoms with E-state index in [1.807, 2.05) is 0 Å². The number of alkyl halides is 2. The molecule has 0 aliphatic rings. The minimum atomic E-state index is -2.62. The van der Waals surface area contributed by atoms with Crippen molar-refractivity contribution in [2.75, 3.05) is 24.6 Å². The minimum Gasteiger partial charge on any atom is -0.409 e. The molecule has 0 spiro atoms. The summed E-state index contributed by atoms with van der Waals surface area (Å²) in [6.07, 6.45) is -2.62. The first-order valence-corrected chi connectivity index (χ1v) is 5.88. The van der Waals surface area contributed by atoms with Crippen molar-refractivity contribution in [3.8, 4) is 0 Å². The Hall–Kier alpha value is -2.03. The lowest BCUT2D eigenvalue weighted by molar-refractivity contribution is 0.152. The van der Waals surface area contributed by atoms with Gasteiger partial charge in [-0.3, -0.25) is 0 Å². The molecule has 1 heterocycles. The van der Waals surface area contributed by atoms with Gasteiger partial charge in [0.25, 0.3) is 6.43 Å². The van der Waals surface area contributed by atoms with E-state index in [2.05, 4.69) is 15.4 Å². The van der Waals surface area contributed by atoms with E-state index in [1.165, 1.54) is 0 Å². The van der Waals surface area contributed by atoms with Crippen LogP contribution >= 0.6 is 0 Å². The Balaban J connectivity index is 3.37. The monoisotopic (exact) mass is 289 g/mol. The lowest BCUT2D eigenvalue weighted by Crippen LogP contribution is -2.35. The third-order valence-corrected chi connectivity index (χ3v) is 2.83. The summed E-state index contributed by atoms with van der Waals surface area (Å²) in [5.41, 5.74) is 6.93. The summed E-state index contributed by atoms with van der Waals surface area (Å²) in [5.74, 6) is -0.189. The number of hydrogen-bond donors (Lipinski definition) is 3. The number of aryl methyl sites for hydroxylation is 1. The van der Waals surface area contributed by atoms with Crippen molar-refractivity contribution >= 4 is 11.7 Å². The Morgan fingerprint density at radius 2 is 2.05 bits per heavy atom. The number of nitrogens with two attached hydrogens (primary N) is 1. The van der Waals surface area contributed by atoms with Crippen LogP contribution in [0, 0.1) is 13.8 Å². The smallest absolute Gasteiger partial charge is 0.255 e. The van der Waals surface area contributed by atoms with Crippen molar-refractivity contribution in [3.05, 3.63) is 16.8 Å². The number of aliphatic hydroxyl groups is 1. The molecular formula is C11H17F2N5O2. The summed E-state index contributed by atoms with van der Waals surface area (Å²) in [6, 6.07) is 0. The SMILES string of the molecule is Cc1nnc(N(CCO)CC(F)F)c(C(N)=NO)c1C. The van der Waals surface area contributed by atoms with Crippen LogP contribution in [0.1, 0.15) is 16.8 Å². The van der Waals surface area contributed by atoms with Crippen LogP contribution in [0.5, 0.6) is 0 Å². The van der Waals surface area contributed by atoms with Crippen molar-refractivity contribution in [2.24, 2.45) is 10.9 Å². The van der Waals surface area contributed by atoms with Gasteiger partial charge in [-0.25, -0.2) is 8.78 Å². The van der Waals surface area contributed by atoms with Crippen molar-refractivity contribution < 1.29 is 19.1 Å². The molecule has 0 unspecified atom stereocenters. The van der Waals surface area contributed by atoms with E-state index in [0.29, 0.717) is 11.3 Å². The number of aromatic nitrogens is 2. The Morgan fingerprint density at radius 3 is 2.55 bits per heavy atom. The molecule has 0 bridgehead atoms. The summed E-state index contributed by atoms with van der Waals surface area (Å²) in [5, 5.41) is 28.4. The first-order chi connectivity index (χ1) is 9.42. The van der Waals surface area contributed by atoms with Crippen LogP contribution in [0.2, 0.25) is 0 Å². The average Bonchev–Trinajstić information content (AvgIpc) is 2.40. The Morgan fingerprint density at radius 1 is 1.40 bits per heavy atom. The molecule has 0 aliphatic carbocycles. The van der Waals surface area contributed by atoms with Gasteiger partial charge in [0.2, 0.25) is 0 Å². The standard InChI is InChI=1S/C11H17F2N5O2/c1-6-7(2)15-16-11(9(6)10(14)17-20)18(3-4-19)5-8(12)13/h8,19-20H,3-5H2,1-2H3,(H2,14,17). The molecule has 0 aliphatic heterocycles. The fourth-order valence-electron chi connectivity index (χ4n) is 1.74. The predicted octanol–water partition coefficient (Wildman–Crippen LogP) is 0.252. The van der Waals surface area contributed by atoms with Crippen molar-refractivity contribution in [3.63, 3.8) is 0 Å². The van der Waals surface area contributed by atoms with Gasteiger partial charge in [-0.05, 0) is 19.4 Å². The van der Waals surface area contributed by atoms with Crippen LogP contribution < -0.4 is 10.6 Å². The Kier molecular flexibility index (Phi) is 5.56. The number of amidine groups is 1. The van der Waals surface area contributed by atoms with E-state index in [-0.39, 0.29) is 30.4 Å². The summed E-state index contributed by atoms with van der Waals surface area (Å²) in [4.78, 5) is 1.15. The molecule has 0 aromatic carbocycles. The zero-order chi connectivity index (χ0) is 15.3. The highest BCUT2D eigenvalue weighted by molar-refractivity contribution is 6.02. The Bertz CT molecular complexity index is 496. The van der Waals surface area contributed by atoms with Crippen LogP contribution in [-0.4, -0.2) is 52.5 Å². The molecule has 7 nitrogen and oxygen atoms in total. The second-order valence-corrected chi connectivity index (χ2v) is 4.15. The molecule has 4 N–H and O–H groups in total. The van der Waals surface area contributed by atoms with Gasteiger partial charge < -0.3 is 20.9 Å². The van der Waals surface area contributed by atoms with E-state index in [1.54, 1.807) is 13.8 Å². The summed E-state index contributed by atoms with van der Waals surface area (Å²) >= 11 is 0. The molecule has 0 amide bonds. The maximum atomic E-state index is 12.6. The van der Waals surface area contributed by atoms with E-state index < -0.39 is 13.0 Å². The van der Waals surface area contributed by atoms with Gasteiger partial charge in [0.15, 0.2) is 11.7 Å². The van der Waals surface area contributed by atoms with E-state index in [9.17, 15) is 8.78 Å². The van der Waals surface area contributed by atoms with Crippen LogP contribution in [0.15, 0.2) is 5.16 Å². The third kappa shape index (κ3) is 3.50. The van der Waals surface area contributed by atoms with Crippen molar-refractivity contribution in [1.29, 1.82) is 0 Å². The third-order valence-electron chi connectivity index (χ3n) is 2.83. The maximum Gasteiger partial charge on any atom is 0.255 e. The number of halogens is 2. The molecule has 1 rings (SSSR count). The largest absolute Gasteiger partial charge is 0.409 e. The highest BCUT2D eigenvalue weighted by Crippen LogP contribution is 2.22. The van der Waals surface area contributed by atoms with Crippen LogP contribution in [-0.2, 0) is 0 Å². The molecule has 1 aromatic rings. The zero-order valence-electron chi connectivity index (χ0n) is 11.2. The Labute approximate surface area is 114 Å². The fraction of sp³-hybridized carbons (Fsp3) is 0.545. The van der Waals surface area contributed by atoms with Gasteiger partial charge in [-0.1, -0.05) is 5.16 Å². The highest BCUT2D eigenvalue weighted by Gasteiger charge is 2.22. The highest BCUT2D eigenvalue weighted by atomic mass is 19.3. The van der Waals surface area contributed by atoms with Crippen molar-refractivity contribution in [2.45, 2.75) is 20.3 Å². The number of oxime groups is 1. The fourth-order valence-corrected chi connectivity index (χ4v) is 1.74.